The van der Waals surface area contributed by atoms with Crippen molar-refractivity contribution < 1.29 is 9.53 Å². The maximum absolute atomic E-state index is 10.9. The van der Waals surface area contributed by atoms with Crippen LogP contribution in [0.3, 0.4) is 0 Å². The summed E-state index contributed by atoms with van der Waals surface area (Å²) in [5.41, 5.74) is 0. The molecule has 9 heavy (non-hydrogen) atoms. The van der Waals surface area contributed by atoms with Gasteiger partial charge in [-0.3, -0.25) is 4.79 Å². The van der Waals surface area contributed by atoms with E-state index in [1.165, 1.54) is 0 Å². The third kappa shape index (κ3) is 2.14. The van der Waals surface area contributed by atoms with Crippen LogP contribution in [-0.4, -0.2) is 18.5 Å². The number of epoxide rings is 1. The zero-order chi connectivity index (χ0) is 6.85. The number of hydrogen-bond donors (Lipinski definition) is 0. The molecule has 0 aromatic heterocycles. The Bertz CT molecular complexity index is 114. The van der Waals surface area contributed by atoms with Gasteiger partial charge in [0.25, 0.3) is 0 Å². The lowest BCUT2D eigenvalue weighted by atomic mass is 10.1. The second-order valence-electron chi connectivity index (χ2n) is 2.89. The van der Waals surface area contributed by atoms with Crippen LogP contribution in [0, 0.1) is 5.92 Å². The largest absolute Gasteiger partial charge is 0.365 e. The van der Waals surface area contributed by atoms with Crippen molar-refractivity contribution in [2.45, 2.75) is 26.4 Å². The van der Waals surface area contributed by atoms with Gasteiger partial charge in [-0.25, -0.2) is 0 Å². The monoisotopic (exact) mass is 128 g/mol. The third-order valence-corrected chi connectivity index (χ3v) is 1.30. The molecule has 1 saturated heterocycles. The Kier molecular flexibility index (Phi) is 1.86. The zero-order valence-corrected chi connectivity index (χ0v) is 5.89. The van der Waals surface area contributed by atoms with Gasteiger partial charge in [0.15, 0.2) is 5.78 Å². The lowest BCUT2D eigenvalue weighted by Gasteiger charge is -1.98. The molecule has 0 aliphatic carbocycles. The Hall–Kier alpha value is -0.370. The van der Waals surface area contributed by atoms with Crippen LogP contribution in [0.15, 0.2) is 0 Å². The minimum absolute atomic E-state index is 0.0348. The van der Waals surface area contributed by atoms with Crippen LogP contribution in [0.25, 0.3) is 0 Å². The minimum atomic E-state index is -0.0348. The van der Waals surface area contributed by atoms with Gasteiger partial charge in [0.05, 0.1) is 6.61 Å². The average molecular weight is 128 g/mol. The first kappa shape index (κ1) is 6.75. The molecule has 1 rings (SSSR count). The van der Waals surface area contributed by atoms with Gasteiger partial charge in [-0.2, -0.15) is 0 Å². The fourth-order valence-electron chi connectivity index (χ4n) is 0.768. The van der Waals surface area contributed by atoms with Crippen molar-refractivity contribution in [1.82, 2.24) is 0 Å². The van der Waals surface area contributed by atoms with Gasteiger partial charge < -0.3 is 4.74 Å². The highest BCUT2D eigenvalue weighted by molar-refractivity contribution is 5.85. The molecule has 0 saturated carbocycles. The molecule has 2 nitrogen and oxygen atoms in total. The molecule has 0 aromatic rings. The van der Waals surface area contributed by atoms with E-state index in [1.54, 1.807) is 0 Å². The first-order valence-corrected chi connectivity index (χ1v) is 3.34. The molecule has 2 heteroatoms. The SMILES string of the molecule is CC(C)CC(=O)C1CO1. The molecule has 0 radical (unpaired) electrons. The summed E-state index contributed by atoms with van der Waals surface area (Å²) < 4.78 is 4.82. The lowest BCUT2D eigenvalue weighted by molar-refractivity contribution is -0.120. The predicted molar refractivity (Wildman–Crippen MR) is 34.2 cm³/mol. The molecule has 0 spiro atoms. The Morgan fingerprint density at radius 2 is 2.33 bits per heavy atom. The van der Waals surface area contributed by atoms with E-state index < -0.39 is 0 Å². The average Bonchev–Trinajstić information content (AvgIpc) is 2.40. The van der Waals surface area contributed by atoms with Gasteiger partial charge in [0.1, 0.15) is 6.10 Å². The van der Waals surface area contributed by atoms with Crippen molar-refractivity contribution in [1.29, 1.82) is 0 Å². The maximum atomic E-state index is 10.9. The number of ketones is 1. The number of Topliss-reactive ketones (excluding diaryl/α,β-unsaturated/α-hetero) is 1. The Labute approximate surface area is 55.2 Å². The number of carbonyl (C=O) groups is 1. The summed E-state index contributed by atoms with van der Waals surface area (Å²) in [5, 5.41) is 0. The molecule has 1 fully saturated rings. The van der Waals surface area contributed by atoms with Crippen molar-refractivity contribution in [3.8, 4) is 0 Å². The number of rotatable bonds is 3. The number of hydrogen-bond acceptors (Lipinski definition) is 2. The second-order valence-corrected chi connectivity index (χ2v) is 2.89. The minimum Gasteiger partial charge on any atom is -0.365 e. The quantitative estimate of drug-likeness (QED) is 0.531. The fourth-order valence-corrected chi connectivity index (χ4v) is 0.768. The predicted octanol–water partition coefficient (Wildman–Crippen LogP) is 1.00. The maximum Gasteiger partial charge on any atom is 0.164 e. The van der Waals surface area contributed by atoms with Crippen molar-refractivity contribution in [2.75, 3.05) is 6.61 Å². The number of ether oxygens (including phenoxy) is 1. The molecular formula is C7H12O2. The van der Waals surface area contributed by atoms with Crippen LogP contribution in [0.5, 0.6) is 0 Å². The highest BCUT2D eigenvalue weighted by Gasteiger charge is 2.30. The molecule has 52 valence electrons. The summed E-state index contributed by atoms with van der Waals surface area (Å²) in [5.74, 6) is 0.742. The normalized spacial score (nSPS) is 24.6. The van der Waals surface area contributed by atoms with Crippen LogP contribution in [0.1, 0.15) is 20.3 Å². The molecule has 1 atom stereocenters. The highest BCUT2D eigenvalue weighted by Crippen LogP contribution is 2.14. The van der Waals surface area contributed by atoms with E-state index in [0.717, 1.165) is 0 Å². The van der Waals surface area contributed by atoms with Crippen LogP contribution in [0.2, 0.25) is 0 Å². The number of carbonyl (C=O) groups excluding carboxylic acids is 1. The van der Waals surface area contributed by atoms with E-state index in [0.29, 0.717) is 18.9 Å². The summed E-state index contributed by atoms with van der Waals surface area (Å²) in [6, 6.07) is 0. The lowest BCUT2D eigenvalue weighted by Crippen LogP contribution is -2.09. The molecule has 1 aliphatic rings. The summed E-state index contributed by atoms with van der Waals surface area (Å²) in [7, 11) is 0. The van der Waals surface area contributed by atoms with Gasteiger partial charge in [-0.15, -0.1) is 0 Å². The highest BCUT2D eigenvalue weighted by atomic mass is 16.6. The van der Waals surface area contributed by atoms with Crippen LogP contribution in [0.4, 0.5) is 0 Å². The Balaban J connectivity index is 2.18. The Morgan fingerprint density at radius 3 is 2.67 bits per heavy atom. The molecule has 1 heterocycles. The van der Waals surface area contributed by atoms with Crippen LogP contribution < -0.4 is 0 Å². The van der Waals surface area contributed by atoms with Crippen molar-refractivity contribution in [3.63, 3.8) is 0 Å². The Morgan fingerprint density at radius 1 is 1.78 bits per heavy atom. The summed E-state index contributed by atoms with van der Waals surface area (Å²) in [4.78, 5) is 10.9. The molecular weight excluding hydrogens is 116 g/mol. The smallest absolute Gasteiger partial charge is 0.164 e. The van der Waals surface area contributed by atoms with E-state index in [-0.39, 0.29) is 11.9 Å². The van der Waals surface area contributed by atoms with Crippen molar-refractivity contribution in [2.24, 2.45) is 5.92 Å². The molecule has 0 aromatic carbocycles. The van der Waals surface area contributed by atoms with E-state index in [9.17, 15) is 4.79 Å². The summed E-state index contributed by atoms with van der Waals surface area (Å²) >= 11 is 0. The van der Waals surface area contributed by atoms with E-state index in [2.05, 4.69) is 0 Å². The van der Waals surface area contributed by atoms with Crippen LogP contribution >= 0.6 is 0 Å². The summed E-state index contributed by atoms with van der Waals surface area (Å²) in [6.07, 6.45) is 0.636. The van der Waals surface area contributed by atoms with E-state index in [1.807, 2.05) is 13.8 Å². The van der Waals surface area contributed by atoms with Gasteiger partial charge in [-0.05, 0) is 5.92 Å². The molecule has 0 N–H and O–H groups in total. The van der Waals surface area contributed by atoms with E-state index >= 15 is 0 Å². The zero-order valence-electron chi connectivity index (χ0n) is 5.89. The van der Waals surface area contributed by atoms with Crippen molar-refractivity contribution >= 4 is 5.78 Å². The fraction of sp³-hybridized carbons (Fsp3) is 0.857. The van der Waals surface area contributed by atoms with E-state index in [4.69, 9.17) is 4.74 Å². The van der Waals surface area contributed by atoms with Gasteiger partial charge in [0, 0.05) is 6.42 Å². The third-order valence-electron chi connectivity index (χ3n) is 1.30. The van der Waals surface area contributed by atoms with Gasteiger partial charge in [0.2, 0.25) is 0 Å². The summed E-state index contributed by atoms with van der Waals surface area (Å²) in [6.45, 7) is 4.74. The second kappa shape index (κ2) is 2.48. The molecule has 1 unspecified atom stereocenters. The first-order chi connectivity index (χ1) is 4.20. The molecule has 0 amide bonds. The standard InChI is InChI=1S/C7H12O2/c1-5(2)3-6(8)7-4-9-7/h5,7H,3-4H2,1-2H3. The molecule has 1 aliphatic heterocycles. The first-order valence-electron chi connectivity index (χ1n) is 3.34. The molecule has 0 bridgehead atoms. The topological polar surface area (TPSA) is 29.6 Å². The van der Waals surface area contributed by atoms with Gasteiger partial charge >= 0.3 is 0 Å². The van der Waals surface area contributed by atoms with Crippen molar-refractivity contribution in [3.05, 3.63) is 0 Å². The van der Waals surface area contributed by atoms with Crippen LogP contribution in [-0.2, 0) is 9.53 Å². The van der Waals surface area contributed by atoms with Gasteiger partial charge in [-0.1, -0.05) is 13.8 Å².